The number of nitrogens with one attached hydrogen (secondary N) is 1. The van der Waals surface area contributed by atoms with Crippen LogP contribution in [0.2, 0.25) is 0 Å². The molecule has 0 atom stereocenters. The lowest BCUT2D eigenvalue weighted by Crippen LogP contribution is -2.46. The Morgan fingerprint density at radius 3 is 2.00 bits per heavy atom. The predicted octanol–water partition coefficient (Wildman–Crippen LogP) is 4.28. The third kappa shape index (κ3) is 4.65. The summed E-state index contributed by atoms with van der Waals surface area (Å²) in [7, 11) is 1.45. The Morgan fingerprint density at radius 2 is 1.50 bits per heavy atom. The summed E-state index contributed by atoms with van der Waals surface area (Å²) in [4.78, 5) is 17.0. The van der Waals surface area contributed by atoms with Gasteiger partial charge in [0, 0.05) is 49.3 Å². The maximum Gasteiger partial charge on any atom is 0.258 e. The summed E-state index contributed by atoms with van der Waals surface area (Å²) in [6, 6.07) is 21.5. The van der Waals surface area contributed by atoms with Gasteiger partial charge < -0.3 is 19.9 Å². The minimum atomic E-state index is -0.626. The number of rotatable bonds is 5. The molecule has 0 aromatic heterocycles. The van der Waals surface area contributed by atoms with E-state index in [9.17, 15) is 9.18 Å². The Kier molecular flexibility index (Phi) is 6.22. The van der Waals surface area contributed by atoms with Crippen LogP contribution in [-0.4, -0.2) is 39.2 Å². The van der Waals surface area contributed by atoms with E-state index >= 15 is 0 Å². The third-order valence-electron chi connectivity index (χ3n) is 5.55. The minimum absolute atomic E-state index is 0.0335. The van der Waals surface area contributed by atoms with Gasteiger partial charge in [0.15, 0.2) is 0 Å². The standard InChI is InChI=1S/C25H23FN4O2/c1-32-22-10-11-23(24(26)16-22)25(31)28-19-4-8-21(9-5-19)30-14-12-29(13-15-30)20-6-2-18(17-27)3-7-20/h2-11,16H,12-15H2,1H3,(H,28,31). The van der Waals surface area contributed by atoms with Crippen LogP contribution in [0, 0.1) is 17.1 Å². The van der Waals surface area contributed by atoms with Crippen molar-refractivity contribution in [2.45, 2.75) is 0 Å². The second kappa shape index (κ2) is 9.40. The number of nitriles is 1. The second-order valence-electron chi connectivity index (χ2n) is 7.48. The van der Waals surface area contributed by atoms with Gasteiger partial charge in [-0.2, -0.15) is 5.26 Å². The van der Waals surface area contributed by atoms with Crippen LogP contribution in [-0.2, 0) is 0 Å². The predicted molar refractivity (Wildman–Crippen MR) is 123 cm³/mol. The molecule has 0 spiro atoms. The molecule has 32 heavy (non-hydrogen) atoms. The van der Waals surface area contributed by atoms with Crippen molar-refractivity contribution in [3.8, 4) is 11.8 Å². The average molecular weight is 430 g/mol. The molecule has 0 unspecified atom stereocenters. The summed E-state index contributed by atoms with van der Waals surface area (Å²) in [5, 5.41) is 11.7. The van der Waals surface area contributed by atoms with Crippen LogP contribution in [0.1, 0.15) is 15.9 Å². The molecule has 3 aromatic rings. The van der Waals surface area contributed by atoms with E-state index in [4.69, 9.17) is 10.00 Å². The second-order valence-corrected chi connectivity index (χ2v) is 7.48. The van der Waals surface area contributed by atoms with Crippen LogP contribution >= 0.6 is 0 Å². The van der Waals surface area contributed by atoms with Crippen molar-refractivity contribution in [3.05, 3.63) is 83.7 Å². The molecule has 0 aliphatic carbocycles. The summed E-state index contributed by atoms with van der Waals surface area (Å²) in [5.74, 6) is -0.768. The molecule has 1 N–H and O–H groups in total. The molecular weight excluding hydrogens is 407 g/mol. The zero-order valence-electron chi connectivity index (χ0n) is 17.7. The van der Waals surface area contributed by atoms with Crippen molar-refractivity contribution >= 4 is 23.0 Å². The van der Waals surface area contributed by atoms with E-state index in [1.54, 1.807) is 6.07 Å². The molecule has 1 heterocycles. The monoisotopic (exact) mass is 430 g/mol. The average Bonchev–Trinajstić information content (AvgIpc) is 2.84. The molecule has 1 aliphatic rings. The minimum Gasteiger partial charge on any atom is -0.497 e. The summed E-state index contributed by atoms with van der Waals surface area (Å²) in [5.41, 5.74) is 3.42. The Hall–Kier alpha value is -4.05. The number of benzene rings is 3. The highest BCUT2D eigenvalue weighted by Crippen LogP contribution is 2.23. The number of halogens is 1. The fraction of sp³-hybridized carbons (Fsp3) is 0.200. The van der Waals surface area contributed by atoms with E-state index in [2.05, 4.69) is 21.2 Å². The van der Waals surface area contributed by atoms with Crippen LogP contribution in [0.5, 0.6) is 5.75 Å². The van der Waals surface area contributed by atoms with Gasteiger partial charge >= 0.3 is 0 Å². The fourth-order valence-corrected chi connectivity index (χ4v) is 3.73. The first-order valence-electron chi connectivity index (χ1n) is 10.3. The highest BCUT2D eigenvalue weighted by atomic mass is 19.1. The van der Waals surface area contributed by atoms with Crippen LogP contribution in [0.3, 0.4) is 0 Å². The van der Waals surface area contributed by atoms with Crippen LogP contribution < -0.4 is 19.9 Å². The first-order valence-corrected chi connectivity index (χ1v) is 10.3. The fourth-order valence-electron chi connectivity index (χ4n) is 3.73. The van der Waals surface area contributed by atoms with Crippen LogP contribution in [0.4, 0.5) is 21.5 Å². The van der Waals surface area contributed by atoms with Gasteiger partial charge in [-0.15, -0.1) is 0 Å². The number of carbonyl (C=O) groups excluding carboxylic acids is 1. The number of hydrogen-bond donors (Lipinski definition) is 1. The maximum atomic E-state index is 14.1. The van der Waals surface area contributed by atoms with Gasteiger partial charge in [-0.25, -0.2) is 4.39 Å². The Morgan fingerprint density at radius 1 is 0.938 bits per heavy atom. The molecule has 0 bridgehead atoms. The summed E-state index contributed by atoms with van der Waals surface area (Å²) in [6.45, 7) is 3.48. The quantitative estimate of drug-likeness (QED) is 0.654. The van der Waals surface area contributed by atoms with Crippen molar-refractivity contribution in [2.24, 2.45) is 0 Å². The number of carbonyl (C=O) groups is 1. The molecule has 0 radical (unpaired) electrons. The number of amides is 1. The smallest absolute Gasteiger partial charge is 0.258 e. The highest BCUT2D eigenvalue weighted by molar-refractivity contribution is 6.04. The first kappa shape index (κ1) is 21.2. The lowest BCUT2D eigenvalue weighted by molar-refractivity contribution is 0.102. The topological polar surface area (TPSA) is 68.6 Å². The van der Waals surface area contributed by atoms with E-state index in [0.717, 1.165) is 37.6 Å². The van der Waals surface area contributed by atoms with Gasteiger partial charge in [0.2, 0.25) is 0 Å². The van der Waals surface area contributed by atoms with Gasteiger partial charge in [0.25, 0.3) is 5.91 Å². The van der Waals surface area contributed by atoms with Crippen molar-refractivity contribution in [1.82, 2.24) is 0 Å². The van der Waals surface area contributed by atoms with E-state index in [-0.39, 0.29) is 5.56 Å². The third-order valence-corrected chi connectivity index (χ3v) is 5.55. The lowest BCUT2D eigenvalue weighted by atomic mass is 10.1. The Bertz CT molecular complexity index is 1130. The lowest BCUT2D eigenvalue weighted by Gasteiger charge is -2.37. The zero-order valence-corrected chi connectivity index (χ0v) is 17.7. The molecule has 1 amide bonds. The van der Waals surface area contributed by atoms with Gasteiger partial charge in [-0.3, -0.25) is 4.79 Å². The van der Waals surface area contributed by atoms with Gasteiger partial charge in [-0.05, 0) is 60.7 Å². The van der Waals surface area contributed by atoms with Gasteiger partial charge in [-0.1, -0.05) is 0 Å². The molecule has 7 heteroatoms. The Labute approximate surface area is 186 Å². The Balaban J connectivity index is 1.35. The van der Waals surface area contributed by atoms with Crippen LogP contribution in [0.15, 0.2) is 66.7 Å². The maximum absolute atomic E-state index is 14.1. The zero-order chi connectivity index (χ0) is 22.5. The summed E-state index contributed by atoms with van der Waals surface area (Å²) < 4.78 is 19.1. The van der Waals surface area contributed by atoms with Crippen LogP contribution in [0.25, 0.3) is 0 Å². The van der Waals surface area contributed by atoms with Gasteiger partial charge in [0.05, 0.1) is 24.3 Å². The van der Waals surface area contributed by atoms with Gasteiger partial charge in [0.1, 0.15) is 11.6 Å². The molecule has 4 rings (SSSR count). The number of piperazine rings is 1. The van der Waals surface area contributed by atoms with Crippen molar-refractivity contribution in [1.29, 1.82) is 5.26 Å². The number of ether oxygens (including phenoxy) is 1. The summed E-state index contributed by atoms with van der Waals surface area (Å²) in [6.07, 6.45) is 0. The molecule has 1 fully saturated rings. The number of anilines is 3. The number of nitrogens with zero attached hydrogens (tertiary/aromatic N) is 3. The largest absolute Gasteiger partial charge is 0.497 e. The van der Waals surface area contributed by atoms with E-state index in [0.29, 0.717) is 17.0 Å². The molecule has 1 saturated heterocycles. The molecule has 1 aliphatic heterocycles. The normalized spacial score (nSPS) is 13.4. The molecular formula is C25H23FN4O2. The van der Waals surface area contributed by atoms with E-state index in [1.807, 2.05) is 48.5 Å². The molecule has 6 nitrogen and oxygen atoms in total. The SMILES string of the molecule is COc1ccc(C(=O)Nc2ccc(N3CCN(c4ccc(C#N)cc4)CC3)cc2)c(F)c1. The van der Waals surface area contributed by atoms with Crippen molar-refractivity contribution < 1.29 is 13.9 Å². The van der Waals surface area contributed by atoms with E-state index in [1.165, 1.54) is 19.2 Å². The molecule has 0 saturated carbocycles. The van der Waals surface area contributed by atoms with Crippen molar-refractivity contribution in [2.75, 3.05) is 48.4 Å². The summed E-state index contributed by atoms with van der Waals surface area (Å²) >= 11 is 0. The number of methoxy groups -OCH3 is 1. The molecule has 3 aromatic carbocycles. The highest BCUT2D eigenvalue weighted by Gasteiger charge is 2.18. The first-order chi connectivity index (χ1) is 15.6. The number of hydrogen-bond acceptors (Lipinski definition) is 5. The molecule has 162 valence electrons. The van der Waals surface area contributed by atoms with E-state index < -0.39 is 11.7 Å². The van der Waals surface area contributed by atoms with Crippen molar-refractivity contribution in [3.63, 3.8) is 0 Å².